The molecule has 0 saturated heterocycles. The molecule has 2 rings (SSSR count). The number of hydrogen-bond acceptors (Lipinski definition) is 2. The maximum absolute atomic E-state index is 5.85. The van der Waals surface area contributed by atoms with Crippen molar-refractivity contribution >= 4 is 5.69 Å². The van der Waals surface area contributed by atoms with Crippen LogP contribution in [0.3, 0.4) is 0 Å². The van der Waals surface area contributed by atoms with Gasteiger partial charge in [0.1, 0.15) is 5.75 Å². The zero-order valence-electron chi connectivity index (χ0n) is 11.0. The van der Waals surface area contributed by atoms with E-state index in [1.54, 1.807) is 0 Å². The summed E-state index contributed by atoms with van der Waals surface area (Å²) in [4.78, 5) is 0. The fourth-order valence-electron chi connectivity index (χ4n) is 1.98. The van der Waals surface area contributed by atoms with Crippen molar-refractivity contribution in [2.75, 3.05) is 12.3 Å². The average molecular weight is 253 g/mol. The molecule has 0 bridgehead atoms. The van der Waals surface area contributed by atoms with Gasteiger partial charge in [-0.3, -0.25) is 0 Å². The third-order valence-corrected chi connectivity index (χ3v) is 2.94. The summed E-state index contributed by atoms with van der Waals surface area (Å²) in [5, 5.41) is 0. The third kappa shape index (κ3) is 3.88. The minimum Gasteiger partial charge on any atom is -0.493 e. The van der Waals surface area contributed by atoms with Gasteiger partial charge in [0.15, 0.2) is 0 Å². The fraction of sp³-hybridized carbons (Fsp3) is 0.176. The van der Waals surface area contributed by atoms with E-state index in [2.05, 4.69) is 18.7 Å². The molecule has 0 aliphatic rings. The number of allylic oxidation sites excluding steroid dienone is 1. The van der Waals surface area contributed by atoms with E-state index in [9.17, 15) is 0 Å². The molecular formula is C17H19NO. The first-order valence-electron chi connectivity index (χ1n) is 6.45. The highest BCUT2D eigenvalue weighted by molar-refractivity contribution is 5.48. The average Bonchev–Trinajstić information content (AvgIpc) is 2.43. The Hall–Kier alpha value is -2.22. The zero-order chi connectivity index (χ0) is 13.5. The SMILES string of the molecule is C=CCc1cc(N)ccc1OCCc1ccccc1. The van der Waals surface area contributed by atoms with Gasteiger partial charge >= 0.3 is 0 Å². The van der Waals surface area contributed by atoms with Crippen LogP contribution in [0.4, 0.5) is 5.69 Å². The number of anilines is 1. The smallest absolute Gasteiger partial charge is 0.122 e. The molecule has 2 N–H and O–H groups in total. The van der Waals surface area contributed by atoms with E-state index in [0.717, 1.165) is 29.8 Å². The number of ether oxygens (including phenoxy) is 1. The molecule has 0 fully saturated rings. The van der Waals surface area contributed by atoms with Gasteiger partial charge in [-0.1, -0.05) is 36.4 Å². The Morgan fingerprint density at radius 1 is 1.11 bits per heavy atom. The minimum atomic E-state index is 0.665. The topological polar surface area (TPSA) is 35.2 Å². The molecule has 0 saturated carbocycles. The molecule has 2 heteroatoms. The van der Waals surface area contributed by atoms with Gasteiger partial charge in [0.2, 0.25) is 0 Å². The van der Waals surface area contributed by atoms with Crippen LogP contribution in [0.1, 0.15) is 11.1 Å². The molecule has 0 radical (unpaired) electrons. The van der Waals surface area contributed by atoms with Gasteiger partial charge in [0, 0.05) is 12.1 Å². The molecule has 0 aromatic heterocycles. The van der Waals surface area contributed by atoms with E-state index in [4.69, 9.17) is 10.5 Å². The van der Waals surface area contributed by atoms with E-state index in [-0.39, 0.29) is 0 Å². The van der Waals surface area contributed by atoms with Crippen LogP contribution in [0.15, 0.2) is 61.2 Å². The number of hydrogen-bond donors (Lipinski definition) is 1. The molecule has 2 aromatic rings. The van der Waals surface area contributed by atoms with E-state index in [1.165, 1.54) is 5.56 Å². The van der Waals surface area contributed by atoms with Crippen molar-refractivity contribution in [3.05, 3.63) is 72.3 Å². The van der Waals surface area contributed by atoms with Crippen molar-refractivity contribution in [2.24, 2.45) is 0 Å². The second-order valence-corrected chi connectivity index (χ2v) is 4.44. The van der Waals surface area contributed by atoms with Crippen LogP contribution < -0.4 is 10.5 Å². The summed E-state index contributed by atoms with van der Waals surface area (Å²) in [5.74, 6) is 0.894. The van der Waals surface area contributed by atoms with Crippen molar-refractivity contribution in [3.63, 3.8) is 0 Å². The summed E-state index contributed by atoms with van der Waals surface area (Å²) in [5.41, 5.74) is 8.91. The second-order valence-electron chi connectivity index (χ2n) is 4.44. The fourth-order valence-corrected chi connectivity index (χ4v) is 1.98. The quantitative estimate of drug-likeness (QED) is 0.630. The summed E-state index contributed by atoms with van der Waals surface area (Å²) < 4.78 is 5.85. The lowest BCUT2D eigenvalue weighted by Gasteiger charge is -2.11. The van der Waals surface area contributed by atoms with Gasteiger partial charge in [-0.15, -0.1) is 6.58 Å². The van der Waals surface area contributed by atoms with Gasteiger partial charge in [-0.25, -0.2) is 0 Å². The first-order chi connectivity index (χ1) is 9.29. The molecule has 0 aliphatic carbocycles. The molecule has 0 amide bonds. The van der Waals surface area contributed by atoms with Crippen LogP contribution in [0.2, 0.25) is 0 Å². The maximum Gasteiger partial charge on any atom is 0.122 e. The van der Waals surface area contributed by atoms with Crippen molar-refractivity contribution in [2.45, 2.75) is 12.8 Å². The Morgan fingerprint density at radius 2 is 1.89 bits per heavy atom. The van der Waals surface area contributed by atoms with Gasteiger partial charge in [0.05, 0.1) is 6.61 Å². The third-order valence-electron chi connectivity index (χ3n) is 2.94. The summed E-state index contributed by atoms with van der Waals surface area (Å²) in [6.07, 6.45) is 3.53. The van der Waals surface area contributed by atoms with Crippen LogP contribution in [-0.2, 0) is 12.8 Å². The number of nitrogens with two attached hydrogens (primary N) is 1. The van der Waals surface area contributed by atoms with Gasteiger partial charge in [0.25, 0.3) is 0 Å². The van der Waals surface area contributed by atoms with Gasteiger partial charge < -0.3 is 10.5 Å². The van der Waals surface area contributed by atoms with Crippen molar-refractivity contribution in [1.29, 1.82) is 0 Å². The standard InChI is InChI=1S/C17H19NO/c1-2-6-15-13-16(18)9-10-17(15)19-12-11-14-7-4-3-5-8-14/h2-5,7-10,13H,1,6,11-12,18H2. The van der Waals surface area contributed by atoms with Crippen LogP contribution >= 0.6 is 0 Å². The highest BCUT2D eigenvalue weighted by atomic mass is 16.5. The summed E-state index contributed by atoms with van der Waals surface area (Å²) >= 11 is 0. The molecule has 98 valence electrons. The van der Waals surface area contributed by atoms with Gasteiger partial charge in [-0.05, 0) is 35.7 Å². The van der Waals surface area contributed by atoms with Crippen LogP contribution in [-0.4, -0.2) is 6.61 Å². The molecule has 0 spiro atoms. The number of nitrogen functional groups attached to an aromatic ring is 1. The van der Waals surface area contributed by atoms with Crippen molar-refractivity contribution < 1.29 is 4.74 Å². The van der Waals surface area contributed by atoms with E-state index in [1.807, 2.05) is 42.5 Å². The van der Waals surface area contributed by atoms with Crippen LogP contribution in [0.5, 0.6) is 5.75 Å². The molecule has 0 aliphatic heterocycles. The summed E-state index contributed by atoms with van der Waals surface area (Å²) in [7, 11) is 0. The molecule has 2 aromatic carbocycles. The Bertz CT molecular complexity index is 534. The molecule has 0 unspecified atom stereocenters. The molecule has 0 atom stereocenters. The number of benzene rings is 2. The Morgan fingerprint density at radius 3 is 2.63 bits per heavy atom. The Balaban J connectivity index is 1.97. The second kappa shape index (κ2) is 6.64. The molecule has 2 nitrogen and oxygen atoms in total. The predicted octanol–water partition coefficient (Wildman–Crippen LogP) is 3.62. The minimum absolute atomic E-state index is 0.665. The summed E-state index contributed by atoms with van der Waals surface area (Å²) in [6, 6.07) is 16.1. The summed E-state index contributed by atoms with van der Waals surface area (Å²) in [6.45, 7) is 4.42. The highest BCUT2D eigenvalue weighted by Gasteiger charge is 2.03. The lowest BCUT2D eigenvalue weighted by atomic mass is 10.1. The highest BCUT2D eigenvalue weighted by Crippen LogP contribution is 2.22. The van der Waals surface area contributed by atoms with E-state index < -0.39 is 0 Å². The lowest BCUT2D eigenvalue weighted by molar-refractivity contribution is 0.319. The van der Waals surface area contributed by atoms with Crippen molar-refractivity contribution in [1.82, 2.24) is 0 Å². The predicted molar refractivity (Wildman–Crippen MR) is 80.4 cm³/mol. The maximum atomic E-state index is 5.85. The monoisotopic (exact) mass is 253 g/mol. The molecule has 19 heavy (non-hydrogen) atoms. The largest absolute Gasteiger partial charge is 0.493 e. The van der Waals surface area contributed by atoms with E-state index in [0.29, 0.717) is 6.61 Å². The van der Waals surface area contributed by atoms with Gasteiger partial charge in [-0.2, -0.15) is 0 Å². The first kappa shape index (κ1) is 13.2. The van der Waals surface area contributed by atoms with Crippen LogP contribution in [0.25, 0.3) is 0 Å². The first-order valence-corrected chi connectivity index (χ1v) is 6.45. The molecular weight excluding hydrogens is 234 g/mol. The normalized spacial score (nSPS) is 10.1. The Labute approximate surface area is 114 Å². The zero-order valence-corrected chi connectivity index (χ0v) is 11.0. The van der Waals surface area contributed by atoms with Crippen molar-refractivity contribution in [3.8, 4) is 5.75 Å². The number of rotatable bonds is 6. The molecule has 0 heterocycles. The van der Waals surface area contributed by atoms with Crippen LogP contribution in [0, 0.1) is 0 Å². The lowest BCUT2D eigenvalue weighted by Crippen LogP contribution is -2.03. The van der Waals surface area contributed by atoms with E-state index >= 15 is 0 Å². The Kier molecular flexibility index (Phi) is 4.62.